The first kappa shape index (κ1) is 14.7. The van der Waals surface area contributed by atoms with Crippen LogP contribution in [0.1, 0.15) is 11.3 Å². The Kier molecular flexibility index (Phi) is 3.60. The summed E-state index contributed by atoms with van der Waals surface area (Å²) in [7, 11) is 0. The molecule has 2 aromatic heterocycles. The van der Waals surface area contributed by atoms with Gasteiger partial charge in [-0.2, -0.15) is 0 Å². The molecule has 0 radical (unpaired) electrons. The summed E-state index contributed by atoms with van der Waals surface area (Å²) in [6.07, 6.45) is 5.22. The van der Waals surface area contributed by atoms with Gasteiger partial charge >= 0.3 is 0 Å². The number of aryl methyl sites for hydroxylation is 1. The van der Waals surface area contributed by atoms with Gasteiger partial charge in [-0.1, -0.05) is 11.6 Å². The molecule has 4 heterocycles. The van der Waals surface area contributed by atoms with Gasteiger partial charge in [0.1, 0.15) is 12.1 Å². The Hall–Kier alpha value is -1.88. The van der Waals surface area contributed by atoms with Crippen molar-refractivity contribution in [1.29, 1.82) is 0 Å². The monoisotopic (exact) mass is 329 g/mol. The number of anilines is 2. The summed E-state index contributed by atoms with van der Waals surface area (Å²) in [6.45, 7) is 8.37. The van der Waals surface area contributed by atoms with E-state index in [9.17, 15) is 0 Å². The molecule has 120 valence electrons. The molecule has 2 aliphatic heterocycles. The minimum absolute atomic E-state index is 0.661. The molecule has 0 aromatic carbocycles. The Balaban J connectivity index is 1.50. The van der Waals surface area contributed by atoms with Gasteiger partial charge in [0.15, 0.2) is 0 Å². The van der Waals surface area contributed by atoms with Crippen LogP contribution < -0.4 is 9.80 Å². The van der Waals surface area contributed by atoms with Crippen LogP contribution in [0.4, 0.5) is 11.5 Å². The number of aromatic nitrogens is 3. The van der Waals surface area contributed by atoms with E-state index in [1.807, 2.05) is 19.2 Å². The van der Waals surface area contributed by atoms with Crippen LogP contribution in [0.2, 0.25) is 5.02 Å². The zero-order valence-corrected chi connectivity index (χ0v) is 14.2. The molecule has 5 nitrogen and oxygen atoms in total. The standard InChI is InChI=1S/C17H20ClN5/c1-11-12(2)20-10-21-17(11)23-8-13-6-22(7-14(13)9-23)16-3-4-19-5-15(16)18/h3-5,10,13-14H,6-9H2,1-2H3. The number of hydrogen-bond acceptors (Lipinski definition) is 5. The van der Waals surface area contributed by atoms with Crippen molar-refractivity contribution in [1.82, 2.24) is 15.0 Å². The highest BCUT2D eigenvalue weighted by Crippen LogP contribution is 2.38. The minimum Gasteiger partial charge on any atom is -0.370 e. The van der Waals surface area contributed by atoms with Crippen molar-refractivity contribution in [2.75, 3.05) is 36.0 Å². The number of hydrogen-bond donors (Lipinski definition) is 0. The molecule has 0 saturated carbocycles. The van der Waals surface area contributed by atoms with Crippen LogP contribution in [0.3, 0.4) is 0 Å². The molecule has 0 amide bonds. The summed E-state index contributed by atoms with van der Waals surface area (Å²) < 4.78 is 0. The van der Waals surface area contributed by atoms with Crippen molar-refractivity contribution in [2.24, 2.45) is 11.8 Å². The first-order valence-electron chi connectivity index (χ1n) is 8.01. The zero-order chi connectivity index (χ0) is 16.0. The van der Waals surface area contributed by atoms with Gasteiger partial charge in [-0.3, -0.25) is 4.98 Å². The molecule has 4 rings (SSSR count). The van der Waals surface area contributed by atoms with E-state index in [0.717, 1.165) is 48.4 Å². The molecule has 0 spiro atoms. The maximum Gasteiger partial charge on any atom is 0.135 e. The summed E-state index contributed by atoms with van der Waals surface area (Å²) >= 11 is 6.29. The number of nitrogens with zero attached hydrogens (tertiary/aromatic N) is 5. The van der Waals surface area contributed by atoms with Gasteiger partial charge in [0.2, 0.25) is 0 Å². The molecule has 23 heavy (non-hydrogen) atoms. The quantitative estimate of drug-likeness (QED) is 0.847. The van der Waals surface area contributed by atoms with Gasteiger partial charge in [-0.15, -0.1) is 0 Å². The lowest BCUT2D eigenvalue weighted by Gasteiger charge is -2.25. The summed E-state index contributed by atoms with van der Waals surface area (Å²) in [4.78, 5) is 17.7. The third-order valence-electron chi connectivity index (χ3n) is 5.19. The molecule has 0 bridgehead atoms. The number of fused-ring (bicyclic) bond motifs is 1. The predicted octanol–water partition coefficient (Wildman–Crippen LogP) is 2.71. The number of pyridine rings is 1. The van der Waals surface area contributed by atoms with E-state index >= 15 is 0 Å². The smallest absolute Gasteiger partial charge is 0.135 e. The Morgan fingerprint density at radius 3 is 2.43 bits per heavy atom. The lowest BCUT2D eigenvalue weighted by atomic mass is 10.0. The first-order chi connectivity index (χ1) is 11.1. The van der Waals surface area contributed by atoms with Gasteiger partial charge in [0.25, 0.3) is 0 Å². The minimum atomic E-state index is 0.661. The van der Waals surface area contributed by atoms with Crippen molar-refractivity contribution in [2.45, 2.75) is 13.8 Å². The average molecular weight is 330 g/mol. The van der Waals surface area contributed by atoms with Crippen molar-refractivity contribution in [3.63, 3.8) is 0 Å². The van der Waals surface area contributed by atoms with Crippen molar-refractivity contribution >= 4 is 23.1 Å². The lowest BCUT2D eigenvalue weighted by molar-refractivity contribution is 0.533. The molecular formula is C17H20ClN5. The zero-order valence-electron chi connectivity index (χ0n) is 13.4. The third kappa shape index (κ3) is 2.53. The summed E-state index contributed by atoms with van der Waals surface area (Å²) in [6, 6.07) is 2.01. The molecule has 2 aromatic rings. The van der Waals surface area contributed by atoms with Crippen LogP contribution in [-0.2, 0) is 0 Å². The van der Waals surface area contributed by atoms with Crippen molar-refractivity contribution in [3.05, 3.63) is 41.1 Å². The number of halogens is 1. The van der Waals surface area contributed by atoms with Crippen molar-refractivity contribution in [3.8, 4) is 0 Å². The van der Waals surface area contributed by atoms with Crippen LogP contribution in [0, 0.1) is 25.7 Å². The van der Waals surface area contributed by atoms with E-state index in [4.69, 9.17) is 11.6 Å². The van der Waals surface area contributed by atoms with Crippen LogP contribution in [0.5, 0.6) is 0 Å². The second kappa shape index (κ2) is 5.64. The van der Waals surface area contributed by atoms with Crippen LogP contribution in [0.15, 0.2) is 24.8 Å². The summed E-state index contributed by atoms with van der Waals surface area (Å²) in [5.41, 5.74) is 3.37. The van der Waals surface area contributed by atoms with Crippen molar-refractivity contribution < 1.29 is 0 Å². The van der Waals surface area contributed by atoms with Gasteiger partial charge in [-0.25, -0.2) is 9.97 Å². The Bertz CT molecular complexity index is 721. The molecule has 6 heteroatoms. The van der Waals surface area contributed by atoms with Gasteiger partial charge in [0.05, 0.1) is 10.7 Å². The highest BCUT2D eigenvalue weighted by atomic mass is 35.5. The third-order valence-corrected chi connectivity index (χ3v) is 5.48. The highest BCUT2D eigenvalue weighted by molar-refractivity contribution is 6.33. The SMILES string of the molecule is Cc1ncnc(N2CC3CN(c4ccncc4Cl)CC3C2)c1C. The molecule has 0 N–H and O–H groups in total. The van der Waals surface area contributed by atoms with E-state index in [2.05, 4.69) is 31.7 Å². The fraction of sp³-hybridized carbons (Fsp3) is 0.471. The van der Waals surface area contributed by atoms with Crippen LogP contribution >= 0.6 is 11.6 Å². The highest BCUT2D eigenvalue weighted by Gasteiger charge is 2.41. The average Bonchev–Trinajstić information content (AvgIpc) is 3.09. The largest absolute Gasteiger partial charge is 0.370 e. The van der Waals surface area contributed by atoms with E-state index in [1.54, 1.807) is 12.5 Å². The molecule has 2 saturated heterocycles. The topological polar surface area (TPSA) is 45.2 Å². The van der Waals surface area contributed by atoms with Crippen LogP contribution in [-0.4, -0.2) is 41.1 Å². The lowest BCUT2D eigenvalue weighted by Crippen LogP contribution is -2.30. The maximum atomic E-state index is 6.29. The fourth-order valence-electron chi connectivity index (χ4n) is 3.83. The van der Waals surface area contributed by atoms with E-state index in [0.29, 0.717) is 11.8 Å². The van der Waals surface area contributed by atoms with Gasteiger partial charge < -0.3 is 9.80 Å². The van der Waals surface area contributed by atoms with Gasteiger partial charge in [0, 0.05) is 61.7 Å². The Labute approximate surface area is 141 Å². The van der Waals surface area contributed by atoms with E-state index in [-0.39, 0.29) is 0 Å². The molecule has 2 atom stereocenters. The molecular weight excluding hydrogens is 310 g/mol. The predicted molar refractivity (Wildman–Crippen MR) is 92.2 cm³/mol. The Morgan fingerprint density at radius 2 is 1.74 bits per heavy atom. The Morgan fingerprint density at radius 1 is 1.04 bits per heavy atom. The molecule has 2 fully saturated rings. The summed E-state index contributed by atoms with van der Waals surface area (Å²) in [5, 5.41) is 0.742. The van der Waals surface area contributed by atoms with E-state index in [1.165, 1.54) is 5.56 Å². The normalized spacial score (nSPS) is 23.4. The maximum absolute atomic E-state index is 6.29. The van der Waals surface area contributed by atoms with E-state index < -0.39 is 0 Å². The molecule has 0 aliphatic carbocycles. The molecule has 2 aliphatic rings. The summed E-state index contributed by atoms with van der Waals surface area (Å²) in [5.74, 6) is 2.42. The molecule has 2 unspecified atom stereocenters. The van der Waals surface area contributed by atoms with Gasteiger partial charge in [-0.05, 0) is 19.9 Å². The second-order valence-corrected chi connectivity index (χ2v) is 6.97. The number of rotatable bonds is 2. The second-order valence-electron chi connectivity index (χ2n) is 6.56. The fourth-order valence-corrected chi connectivity index (χ4v) is 4.07. The first-order valence-corrected chi connectivity index (χ1v) is 8.39. The van der Waals surface area contributed by atoms with Crippen LogP contribution in [0.25, 0.3) is 0 Å².